The number of benzene rings is 2. The van der Waals surface area contributed by atoms with E-state index in [1.54, 1.807) is 24.3 Å². The van der Waals surface area contributed by atoms with Crippen LogP contribution in [0, 0.1) is 5.82 Å². The Balaban J connectivity index is 1.89. The van der Waals surface area contributed by atoms with Crippen LogP contribution in [0.3, 0.4) is 0 Å². The highest BCUT2D eigenvalue weighted by Crippen LogP contribution is 2.27. The SMILES string of the molecule is C=CCN(C(=O)c1ccc(F)cc1)C1CC(=O)N(c2ccc(Cl)cc2)C1=O. The van der Waals surface area contributed by atoms with Gasteiger partial charge < -0.3 is 4.90 Å². The minimum absolute atomic E-state index is 0.0777. The summed E-state index contributed by atoms with van der Waals surface area (Å²) in [4.78, 5) is 40.5. The van der Waals surface area contributed by atoms with E-state index >= 15 is 0 Å². The molecule has 0 N–H and O–H groups in total. The summed E-state index contributed by atoms with van der Waals surface area (Å²) < 4.78 is 13.1. The number of amides is 3. The number of imide groups is 1. The van der Waals surface area contributed by atoms with E-state index in [2.05, 4.69) is 6.58 Å². The lowest BCUT2D eigenvalue weighted by atomic mass is 10.1. The topological polar surface area (TPSA) is 57.7 Å². The van der Waals surface area contributed by atoms with Crippen LogP contribution in [0.2, 0.25) is 5.02 Å². The molecule has 27 heavy (non-hydrogen) atoms. The molecular formula is C20H16ClFN2O3. The Morgan fingerprint density at radius 1 is 1.19 bits per heavy atom. The number of hydrogen-bond acceptors (Lipinski definition) is 3. The largest absolute Gasteiger partial charge is 0.322 e. The fourth-order valence-corrected chi connectivity index (χ4v) is 3.10. The van der Waals surface area contributed by atoms with Gasteiger partial charge in [-0.25, -0.2) is 9.29 Å². The number of halogens is 2. The van der Waals surface area contributed by atoms with Gasteiger partial charge >= 0.3 is 0 Å². The Morgan fingerprint density at radius 3 is 2.41 bits per heavy atom. The van der Waals surface area contributed by atoms with Crippen molar-refractivity contribution >= 4 is 35.0 Å². The second-order valence-corrected chi connectivity index (χ2v) is 6.45. The van der Waals surface area contributed by atoms with E-state index in [1.807, 2.05) is 0 Å². The normalized spacial score (nSPS) is 16.5. The number of hydrogen-bond donors (Lipinski definition) is 0. The van der Waals surface area contributed by atoms with E-state index in [9.17, 15) is 18.8 Å². The van der Waals surface area contributed by atoms with Crippen molar-refractivity contribution in [3.63, 3.8) is 0 Å². The molecule has 0 spiro atoms. The summed E-state index contributed by atoms with van der Waals surface area (Å²) in [6.07, 6.45) is 1.34. The fourth-order valence-electron chi connectivity index (χ4n) is 2.97. The first kappa shape index (κ1) is 18.8. The third-order valence-electron chi connectivity index (χ3n) is 4.26. The van der Waals surface area contributed by atoms with Crippen LogP contribution in [0.25, 0.3) is 0 Å². The molecule has 1 fully saturated rings. The van der Waals surface area contributed by atoms with Crippen molar-refractivity contribution in [2.75, 3.05) is 11.4 Å². The lowest BCUT2D eigenvalue weighted by molar-refractivity contribution is -0.122. The van der Waals surface area contributed by atoms with Gasteiger partial charge in [0, 0.05) is 17.1 Å². The van der Waals surface area contributed by atoms with Crippen LogP contribution in [0.1, 0.15) is 16.8 Å². The van der Waals surface area contributed by atoms with Crippen LogP contribution in [0.15, 0.2) is 61.2 Å². The van der Waals surface area contributed by atoms with Gasteiger partial charge in [0.25, 0.3) is 11.8 Å². The fraction of sp³-hybridized carbons (Fsp3) is 0.150. The van der Waals surface area contributed by atoms with Crippen molar-refractivity contribution in [3.05, 3.63) is 77.6 Å². The highest BCUT2D eigenvalue weighted by atomic mass is 35.5. The minimum atomic E-state index is -0.955. The first-order valence-corrected chi connectivity index (χ1v) is 8.60. The van der Waals surface area contributed by atoms with Gasteiger partial charge in [0.1, 0.15) is 11.9 Å². The Bertz CT molecular complexity index is 896. The van der Waals surface area contributed by atoms with Crippen molar-refractivity contribution in [3.8, 4) is 0 Å². The van der Waals surface area contributed by atoms with Crippen molar-refractivity contribution in [1.82, 2.24) is 4.90 Å². The van der Waals surface area contributed by atoms with Crippen LogP contribution in [0.5, 0.6) is 0 Å². The minimum Gasteiger partial charge on any atom is -0.322 e. The van der Waals surface area contributed by atoms with Crippen LogP contribution >= 0.6 is 11.6 Å². The number of anilines is 1. The van der Waals surface area contributed by atoms with Gasteiger partial charge in [-0.2, -0.15) is 0 Å². The van der Waals surface area contributed by atoms with Gasteiger partial charge in [0.2, 0.25) is 5.91 Å². The summed E-state index contributed by atoms with van der Waals surface area (Å²) in [5.41, 5.74) is 0.619. The number of rotatable bonds is 5. The zero-order valence-corrected chi connectivity index (χ0v) is 15.0. The van der Waals surface area contributed by atoms with Crippen molar-refractivity contribution in [1.29, 1.82) is 0 Å². The Kier molecular flexibility index (Phi) is 5.37. The highest BCUT2D eigenvalue weighted by molar-refractivity contribution is 6.31. The summed E-state index contributed by atoms with van der Waals surface area (Å²) in [6.45, 7) is 3.69. The predicted molar refractivity (Wildman–Crippen MR) is 100.0 cm³/mol. The summed E-state index contributed by atoms with van der Waals surface area (Å²) in [6, 6.07) is 10.4. The second kappa shape index (κ2) is 7.72. The third-order valence-corrected chi connectivity index (χ3v) is 4.51. The molecule has 2 aromatic rings. The molecule has 7 heteroatoms. The molecule has 0 aromatic heterocycles. The van der Waals surface area contributed by atoms with Gasteiger partial charge in [-0.15, -0.1) is 6.58 Å². The number of nitrogens with zero attached hydrogens (tertiary/aromatic N) is 2. The average Bonchev–Trinajstić information content (AvgIpc) is 2.95. The summed E-state index contributed by atoms with van der Waals surface area (Å²) in [5, 5.41) is 0.481. The van der Waals surface area contributed by atoms with Crippen molar-refractivity contribution in [2.45, 2.75) is 12.5 Å². The molecule has 0 bridgehead atoms. The van der Waals surface area contributed by atoms with Crippen molar-refractivity contribution < 1.29 is 18.8 Å². The smallest absolute Gasteiger partial charge is 0.257 e. The molecule has 138 valence electrons. The molecule has 5 nitrogen and oxygen atoms in total. The van der Waals surface area contributed by atoms with Crippen LogP contribution in [-0.4, -0.2) is 35.2 Å². The molecule has 1 saturated heterocycles. The molecule has 1 heterocycles. The van der Waals surface area contributed by atoms with E-state index in [0.717, 1.165) is 4.90 Å². The Labute approximate surface area is 160 Å². The third kappa shape index (κ3) is 3.75. The molecule has 0 saturated carbocycles. The molecule has 2 aromatic carbocycles. The van der Waals surface area contributed by atoms with Crippen molar-refractivity contribution in [2.24, 2.45) is 0 Å². The summed E-state index contributed by atoms with van der Waals surface area (Å²) in [7, 11) is 0. The molecule has 1 aliphatic heterocycles. The second-order valence-electron chi connectivity index (χ2n) is 6.02. The highest BCUT2D eigenvalue weighted by Gasteiger charge is 2.44. The van der Waals surface area contributed by atoms with E-state index in [1.165, 1.54) is 35.2 Å². The van der Waals surface area contributed by atoms with E-state index in [4.69, 9.17) is 11.6 Å². The standard InChI is InChI=1S/C20H16ClFN2O3/c1-2-11-23(19(26)13-3-7-15(22)8-4-13)17-12-18(25)24(20(17)27)16-9-5-14(21)6-10-16/h2-10,17H,1,11-12H2. The number of carbonyl (C=O) groups is 3. The van der Waals surface area contributed by atoms with E-state index in [0.29, 0.717) is 10.7 Å². The maximum atomic E-state index is 13.1. The molecule has 1 aliphatic rings. The molecule has 3 rings (SSSR count). The number of carbonyl (C=O) groups excluding carboxylic acids is 3. The van der Waals surface area contributed by atoms with E-state index in [-0.39, 0.29) is 18.5 Å². The first-order chi connectivity index (χ1) is 12.9. The molecule has 3 amide bonds. The summed E-state index contributed by atoms with van der Waals surface area (Å²) >= 11 is 5.85. The molecule has 0 radical (unpaired) electrons. The van der Waals surface area contributed by atoms with Gasteiger partial charge in [0.15, 0.2) is 0 Å². The lowest BCUT2D eigenvalue weighted by Crippen LogP contribution is -2.45. The van der Waals surface area contributed by atoms with Gasteiger partial charge in [-0.3, -0.25) is 14.4 Å². The van der Waals surface area contributed by atoms with Crippen LogP contribution in [0.4, 0.5) is 10.1 Å². The lowest BCUT2D eigenvalue weighted by Gasteiger charge is -2.26. The monoisotopic (exact) mass is 386 g/mol. The van der Waals surface area contributed by atoms with E-state index < -0.39 is 29.6 Å². The van der Waals surface area contributed by atoms with Gasteiger partial charge in [-0.1, -0.05) is 17.7 Å². The zero-order valence-electron chi connectivity index (χ0n) is 14.3. The predicted octanol–water partition coefficient (Wildman–Crippen LogP) is 3.44. The summed E-state index contributed by atoms with van der Waals surface area (Å²) in [5.74, 6) is -1.85. The quantitative estimate of drug-likeness (QED) is 0.584. The molecular weight excluding hydrogens is 371 g/mol. The average molecular weight is 387 g/mol. The first-order valence-electron chi connectivity index (χ1n) is 8.22. The van der Waals surface area contributed by atoms with Crippen LogP contribution < -0.4 is 4.90 Å². The van der Waals surface area contributed by atoms with Gasteiger partial charge in [0.05, 0.1) is 12.1 Å². The maximum absolute atomic E-state index is 13.1. The van der Waals surface area contributed by atoms with Gasteiger partial charge in [-0.05, 0) is 48.5 Å². The van der Waals surface area contributed by atoms with Crippen LogP contribution in [-0.2, 0) is 9.59 Å². The molecule has 1 atom stereocenters. The Hall–Kier alpha value is -2.99. The Morgan fingerprint density at radius 2 is 1.81 bits per heavy atom. The zero-order chi connectivity index (χ0) is 19.6. The maximum Gasteiger partial charge on any atom is 0.257 e. The molecule has 1 unspecified atom stereocenters. The molecule has 0 aliphatic carbocycles.